The molecule has 0 fully saturated rings. The average Bonchev–Trinajstić information content (AvgIpc) is 2.52. The Morgan fingerprint density at radius 3 is 2.41 bits per heavy atom. The van der Waals surface area contributed by atoms with Gasteiger partial charge in [-0.1, -0.05) is 36.4 Å². The third kappa shape index (κ3) is 3.25. The summed E-state index contributed by atoms with van der Waals surface area (Å²) in [5, 5.41) is 6.02. The van der Waals surface area contributed by atoms with Crippen LogP contribution in [0.1, 0.15) is 5.56 Å². The maximum Gasteiger partial charge on any atom is 0.0505 e. The van der Waals surface area contributed by atoms with E-state index in [1.54, 1.807) is 0 Å². The Morgan fingerprint density at radius 1 is 0.909 bits per heavy atom. The zero-order valence-corrected chi connectivity index (χ0v) is 14.4. The zero-order chi connectivity index (χ0) is 15.5. The highest BCUT2D eigenvalue weighted by Gasteiger charge is 2.03. The third-order valence-electron chi connectivity index (χ3n) is 3.74. The summed E-state index contributed by atoms with van der Waals surface area (Å²) in [6.45, 7) is 0.810. The molecule has 0 radical (unpaired) electrons. The van der Waals surface area contributed by atoms with Crippen LogP contribution in [-0.2, 0) is 6.54 Å². The zero-order valence-electron chi connectivity index (χ0n) is 12.8. The van der Waals surface area contributed by atoms with Gasteiger partial charge in [-0.05, 0) is 56.5 Å². The summed E-state index contributed by atoms with van der Waals surface area (Å²) in [4.78, 5) is 2.10. The van der Waals surface area contributed by atoms with E-state index in [2.05, 4.69) is 86.8 Å². The van der Waals surface area contributed by atoms with Crippen molar-refractivity contribution in [2.75, 3.05) is 24.3 Å². The van der Waals surface area contributed by atoms with Crippen molar-refractivity contribution in [3.63, 3.8) is 0 Å². The lowest BCUT2D eigenvalue weighted by Gasteiger charge is -2.16. The molecule has 0 aliphatic heterocycles. The highest BCUT2D eigenvalue weighted by atomic mass is 79.9. The Morgan fingerprint density at radius 2 is 1.68 bits per heavy atom. The van der Waals surface area contributed by atoms with Crippen LogP contribution in [0.4, 0.5) is 11.4 Å². The molecule has 0 atom stereocenters. The molecule has 3 heteroatoms. The molecule has 112 valence electrons. The highest BCUT2D eigenvalue weighted by Crippen LogP contribution is 2.26. The van der Waals surface area contributed by atoms with Crippen LogP contribution in [0, 0.1) is 0 Å². The number of benzene rings is 3. The second-order valence-corrected chi connectivity index (χ2v) is 6.45. The summed E-state index contributed by atoms with van der Waals surface area (Å²) in [7, 11) is 4.10. The van der Waals surface area contributed by atoms with Gasteiger partial charge in [-0.2, -0.15) is 0 Å². The van der Waals surface area contributed by atoms with Gasteiger partial charge < -0.3 is 10.2 Å². The number of hydrogen-bond acceptors (Lipinski definition) is 2. The highest BCUT2D eigenvalue weighted by molar-refractivity contribution is 9.10. The molecule has 3 rings (SSSR count). The lowest BCUT2D eigenvalue weighted by molar-refractivity contribution is 1.10. The van der Waals surface area contributed by atoms with Crippen LogP contribution in [0.25, 0.3) is 10.8 Å². The fraction of sp³-hybridized carbons (Fsp3) is 0.158. The fourth-order valence-corrected chi connectivity index (χ4v) is 3.31. The molecule has 0 spiro atoms. The van der Waals surface area contributed by atoms with Crippen molar-refractivity contribution < 1.29 is 0 Å². The van der Waals surface area contributed by atoms with E-state index in [-0.39, 0.29) is 0 Å². The largest absolute Gasteiger partial charge is 0.381 e. The summed E-state index contributed by atoms with van der Waals surface area (Å²) in [6, 6.07) is 21.4. The minimum Gasteiger partial charge on any atom is -0.381 e. The van der Waals surface area contributed by atoms with E-state index in [1.165, 1.54) is 22.0 Å². The van der Waals surface area contributed by atoms with Crippen molar-refractivity contribution in [2.24, 2.45) is 0 Å². The van der Waals surface area contributed by atoms with Crippen molar-refractivity contribution in [1.82, 2.24) is 0 Å². The molecular formula is C19H19BrN2. The second-order valence-electron chi connectivity index (χ2n) is 5.60. The average molecular weight is 355 g/mol. The summed E-state index contributed by atoms with van der Waals surface area (Å²) in [6.07, 6.45) is 0. The maximum atomic E-state index is 3.64. The predicted octanol–water partition coefficient (Wildman–Crippen LogP) is 5.28. The third-order valence-corrected chi connectivity index (χ3v) is 4.38. The van der Waals surface area contributed by atoms with Gasteiger partial charge in [0, 0.05) is 30.8 Å². The molecule has 0 saturated heterocycles. The molecule has 1 N–H and O–H groups in total. The van der Waals surface area contributed by atoms with Crippen molar-refractivity contribution in [1.29, 1.82) is 0 Å². The molecule has 0 aromatic heterocycles. The smallest absolute Gasteiger partial charge is 0.0505 e. The van der Waals surface area contributed by atoms with Gasteiger partial charge in [0.25, 0.3) is 0 Å². The number of nitrogens with one attached hydrogen (secondary N) is 1. The summed E-state index contributed by atoms with van der Waals surface area (Å²) < 4.78 is 1.12. The topological polar surface area (TPSA) is 15.3 Å². The molecule has 22 heavy (non-hydrogen) atoms. The maximum absolute atomic E-state index is 3.64. The Hall–Kier alpha value is -2.00. The van der Waals surface area contributed by atoms with Crippen molar-refractivity contribution >= 4 is 38.1 Å². The lowest BCUT2D eigenvalue weighted by Crippen LogP contribution is -2.09. The molecule has 3 aromatic rings. The Kier molecular flexibility index (Phi) is 4.34. The molecule has 0 aliphatic carbocycles. The van der Waals surface area contributed by atoms with Crippen LogP contribution in [0.5, 0.6) is 0 Å². The van der Waals surface area contributed by atoms with Gasteiger partial charge in [0.2, 0.25) is 0 Å². The first-order valence-corrected chi connectivity index (χ1v) is 8.11. The predicted molar refractivity (Wildman–Crippen MR) is 99.7 cm³/mol. The lowest BCUT2D eigenvalue weighted by atomic mass is 10.1. The van der Waals surface area contributed by atoms with E-state index in [0.29, 0.717) is 0 Å². The Labute approximate surface area is 139 Å². The van der Waals surface area contributed by atoms with E-state index in [0.717, 1.165) is 16.7 Å². The van der Waals surface area contributed by atoms with Gasteiger partial charge >= 0.3 is 0 Å². The molecule has 0 unspecified atom stereocenters. The van der Waals surface area contributed by atoms with E-state index in [9.17, 15) is 0 Å². The van der Waals surface area contributed by atoms with Gasteiger partial charge in [0.1, 0.15) is 0 Å². The van der Waals surface area contributed by atoms with Crippen molar-refractivity contribution in [3.05, 3.63) is 70.7 Å². The van der Waals surface area contributed by atoms with Crippen molar-refractivity contribution in [2.45, 2.75) is 6.54 Å². The molecule has 0 amide bonds. The molecular weight excluding hydrogens is 336 g/mol. The summed E-state index contributed by atoms with van der Waals surface area (Å²) in [5.74, 6) is 0. The van der Waals surface area contributed by atoms with Crippen LogP contribution >= 0.6 is 15.9 Å². The number of rotatable bonds is 4. The molecule has 0 saturated carbocycles. The van der Waals surface area contributed by atoms with Gasteiger partial charge in [0.15, 0.2) is 0 Å². The van der Waals surface area contributed by atoms with E-state index in [1.807, 2.05) is 14.1 Å². The number of fused-ring (bicyclic) bond motifs is 1. The number of nitrogens with zero attached hydrogens (tertiary/aromatic N) is 1. The number of anilines is 2. The van der Waals surface area contributed by atoms with Crippen LogP contribution in [0.2, 0.25) is 0 Å². The Bertz CT molecular complexity index is 796. The summed E-state index contributed by atoms with van der Waals surface area (Å²) >= 11 is 3.64. The monoisotopic (exact) mass is 354 g/mol. The molecule has 0 heterocycles. The molecule has 3 aromatic carbocycles. The van der Waals surface area contributed by atoms with E-state index in [4.69, 9.17) is 0 Å². The van der Waals surface area contributed by atoms with Crippen LogP contribution in [-0.4, -0.2) is 14.1 Å². The second kappa shape index (κ2) is 6.41. The van der Waals surface area contributed by atoms with E-state index < -0.39 is 0 Å². The standard InChI is InChI=1S/C19H19BrN2/c1-22(2)19-10-7-14(11-18(19)20)13-21-17-9-8-15-5-3-4-6-16(15)12-17/h3-12,21H,13H2,1-2H3. The first-order chi connectivity index (χ1) is 10.6. The fourth-order valence-electron chi connectivity index (χ4n) is 2.53. The SMILES string of the molecule is CN(C)c1ccc(CNc2ccc3ccccc3c2)cc1Br. The van der Waals surface area contributed by atoms with Crippen LogP contribution in [0.15, 0.2) is 65.1 Å². The van der Waals surface area contributed by atoms with Gasteiger partial charge in [-0.3, -0.25) is 0 Å². The van der Waals surface area contributed by atoms with Gasteiger partial charge in [0.05, 0.1) is 5.69 Å². The Balaban J connectivity index is 1.75. The quantitative estimate of drug-likeness (QED) is 0.685. The summed E-state index contributed by atoms with van der Waals surface area (Å²) in [5.41, 5.74) is 3.59. The first-order valence-electron chi connectivity index (χ1n) is 7.32. The van der Waals surface area contributed by atoms with Crippen molar-refractivity contribution in [3.8, 4) is 0 Å². The molecule has 2 nitrogen and oxygen atoms in total. The molecule has 0 bridgehead atoms. The van der Waals surface area contributed by atoms with Crippen LogP contribution < -0.4 is 10.2 Å². The minimum atomic E-state index is 0.810. The number of hydrogen-bond donors (Lipinski definition) is 1. The minimum absolute atomic E-state index is 0.810. The number of halogens is 1. The van der Waals surface area contributed by atoms with Crippen LogP contribution in [0.3, 0.4) is 0 Å². The first kappa shape index (κ1) is 14.9. The van der Waals surface area contributed by atoms with E-state index >= 15 is 0 Å². The normalized spacial score (nSPS) is 10.7. The van der Waals surface area contributed by atoms with Gasteiger partial charge in [-0.15, -0.1) is 0 Å². The van der Waals surface area contributed by atoms with Gasteiger partial charge in [-0.25, -0.2) is 0 Å². The molecule has 0 aliphatic rings.